The Morgan fingerprint density at radius 3 is 2.38 bits per heavy atom. The summed E-state index contributed by atoms with van der Waals surface area (Å²) in [6.07, 6.45) is 4.91. The number of likely N-dealkylation sites (tertiary alicyclic amines) is 1. The summed E-state index contributed by atoms with van der Waals surface area (Å²) in [5.41, 5.74) is 0.357. The van der Waals surface area contributed by atoms with Crippen molar-refractivity contribution < 1.29 is 14.4 Å². The van der Waals surface area contributed by atoms with Crippen molar-refractivity contribution in [1.82, 2.24) is 4.90 Å². The number of rotatable bonds is 3. The van der Waals surface area contributed by atoms with Crippen LogP contribution in [0, 0.1) is 23.7 Å². The Labute approximate surface area is 148 Å². The number of allylic oxidation sites excluding steroid dienone is 2. The molecule has 4 unspecified atom stereocenters. The van der Waals surface area contributed by atoms with Gasteiger partial charge in [0, 0.05) is 5.02 Å². The first-order valence-electron chi connectivity index (χ1n) is 7.74. The molecule has 7 heteroatoms. The van der Waals surface area contributed by atoms with E-state index in [1.54, 1.807) is 12.1 Å². The van der Waals surface area contributed by atoms with Crippen LogP contribution < -0.4 is 5.32 Å². The number of halogens is 2. The molecule has 1 saturated carbocycles. The minimum absolute atomic E-state index is 0.131. The Balaban J connectivity index is 1.48. The van der Waals surface area contributed by atoms with Gasteiger partial charge in [-0.2, -0.15) is 0 Å². The largest absolute Gasteiger partial charge is 0.323 e. The molecule has 2 bridgehead atoms. The van der Waals surface area contributed by atoms with Crippen molar-refractivity contribution in [1.29, 1.82) is 0 Å². The average molecular weight is 365 g/mol. The second-order valence-corrected chi connectivity index (χ2v) is 7.28. The van der Waals surface area contributed by atoms with Crippen LogP contribution in [0.3, 0.4) is 0 Å². The third kappa shape index (κ3) is 2.34. The summed E-state index contributed by atoms with van der Waals surface area (Å²) in [7, 11) is 0. The molecule has 0 spiro atoms. The summed E-state index contributed by atoms with van der Waals surface area (Å²) in [6, 6.07) is 4.70. The highest BCUT2D eigenvalue weighted by Crippen LogP contribution is 2.52. The Hall–Kier alpha value is -1.85. The van der Waals surface area contributed by atoms with Gasteiger partial charge in [-0.25, -0.2) is 0 Å². The van der Waals surface area contributed by atoms with E-state index in [1.165, 1.54) is 6.07 Å². The smallest absolute Gasteiger partial charge is 0.244 e. The molecular weight excluding hydrogens is 351 g/mol. The van der Waals surface area contributed by atoms with Crippen LogP contribution in [0.1, 0.15) is 6.42 Å². The molecule has 5 nitrogen and oxygen atoms in total. The monoisotopic (exact) mass is 364 g/mol. The second-order valence-electron chi connectivity index (χ2n) is 6.43. The van der Waals surface area contributed by atoms with Crippen molar-refractivity contribution in [2.45, 2.75) is 6.42 Å². The highest BCUT2D eigenvalue weighted by molar-refractivity contribution is 6.35. The third-order valence-corrected chi connectivity index (χ3v) is 5.63. The summed E-state index contributed by atoms with van der Waals surface area (Å²) in [6.45, 7) is -0.299. The standard InChI is InChI=1S/C17H14Cl2N2O3/c18-10-3-4-11(19)12(6-10)20-13(22)7-21-16(23)14-8-1-2-9(5-8)15(14)17(21)24/h1-4,6,8-9,14-15H,5,7H2,(H,20,22). The molecule has 1 saturated heterocycles. The number of amides is 3. The number of hydrogen-bond donors (Lipinski definition) is 1. The SMILES string of the molecule is O=C(CN1C(=O)C2C3C=CC(C3)C2C1=O)Nc1cc(Cl)ccc1Cl. The van der Waals surface area contributed by atoms with Crippen molar-refractivity contribution in [2.24, 2.45) is 23.7 Å². The number of anilines is 1. The van der Waals surface area contributed by atoms with Gasteiger partial charge in [-0.15, -0.1) is 0 Å². The zero-order valence-electron chi connectivity index (χ0n) is 12.5. The number of nitrogens with zero attached hydrogens (tertiary/aromatic N) is 1. The summed E-state index contributed by atoms with van der Waals surface area (Å²) in [5.74, 6) is -1.28. The highest BCUT2D eigenvalue weighted by Gasteiger charge is 2.59. The third-order valence-electron chi connectivity index (χ3n) is 5.07. The van der Waals surface area contributed by atoms with E-state index in [0.29, 0.717) is 15.7 Å². The van der Waals surface area contributed by atoms with Crippen LogP contribution in [0.5, 0.6) is 0 Å². The lowest BCUT2D eigenvalue weighted by atomic mass is 9.85. The quantitative estimate of drug-likeness (QED) is 0.662. The molecule has 0 aromatic heterocycles. The van der Waals surface area contributed by atoms with E-state index < -0.39 is 5.91 Å². The molecule has 1 aliphatic heterocycles. The summed E-state index contributed by atoms with van der Waals surface area (Å²) in [4.78, 5) is 38.4. The van der Waals surface area contributed by atoms with E-state index in [9.17, 15) is 14.4 Å². The molecule has 4 rings (SSSR count). The van der Waals surface area contributed by atoms with Gasteiger partial charge < -0.3 is 5.32 Å². The zero-order valence-corrected chi connectivity index (χ0v) is 14.1. The van der Waals surface area contributed by atoms with Crippen LogP contribution in [0.15, 0.2) is 30.4 Å². The van der Waals surface area contributed by atoms with Crippen molar-refractivity contribution in [2.75, 3.05) is 11.9 Å². The molecule has 24 heavy (non-hydrogen) atoms. The summed E-state index contributed by atoms with van der Waals surface area (Å²) in [5, 5.41) is 3.38. The van der Waals surface area contributed by atoms with E-state index in [0.717, 1.165) is 11.3 Å². The Morgan fingerprint density at radius 2 is 1.75 bits per heavy atom. The Kier molecular flexibility index (Phi) is 3.66. The Morgan fingerprint density at radius 1 is 1.12 bits per heavy atom. The van der Waals surface area contributed by atoms with E-state index in [-0.39, 0.29) is 42.0 Å². The van der Waals surface area contributed by atoms with Crippen LogP contribution in [-0.2, 0) is 14.4 Å². The molecule has 124 valence electrons. The van der Waals surface area contributed by atoms with Gasteiger partial charge in [0.2, 0.25) is 17.7 Å². The molecule has 3 aliphatic rings. The van der Waals surface area contributed by atoms with Crippen molar-refractivity contribution in [3.05, 3.63) is 40.4 Å². The van der Waals surface area contributed by atoms with Gasteiger partial charge in [-0.05, 0) is 36.5 Å². The maximum absolute atomic E-state index is 12.5. The predicted molar refractivity (Wildman–Crippen MR) is 89.5 cm³/mol. The molecular formula is C17H14Cl2N2O3. The number of hydrogen-bond acceptors (Lipinski definition) is 3. The molecule has 0 radical (unpaired) electrons. The first-order valence-corrected chi connectivity index (χ1v) is 8.50. The second kappa shape index (κ2) is 5.60. The van der Waals surface area contributed by atoms with Crippen molar-refractivity contribution >= 4 is 46.6 Å². The summed E-state index contributed by atoms with van der Waals surface area (Å²) >= 11 is 11.9. The number of carbonyl (C=O) groups excluding carboxylic acids is 3. The van der Waals surface area contributed by atoms with E-state index in [2.05, 4.69) is 5.32 Å². The first-order chi connectivity index (χ1) is 11.5. The van der Waals surface area contributed by atoms with E-state index in [4.69, 9.17) is 23.2 Å². The summed E-state index contributed by atoms with van der Waals surface area (Å²) < 4.78 is 0. The van der Waals surface area contributed by atoms with Gasteiger partial charge in [0.05, 0.1) is 22.5 Å². The average Bonchev–Trinajstić information content (AvgIpc) is 3.21. The fourth-order valence-corrected chi connectivity index (χ4v) is 4.38. The molecule has 4 atom stereocenters. The van der Waals surface area contributed by atoms with Crippen LogP contribution in [0.25, 0.3) is 0 Å². The normalized spacial score (nSPS) is 30.2. The molecule has 2 aliphatic carbocycles. The maximum atomic E-state index is 12.5. The van der Waals surface area contributed by atoms with E-state index >= 15 is 0 Å². The Bertz CT molecular complexity index is 762. The predicted octanol–water partition coefficient (Wildman–Crippen LogP) is 2.74. The molecule has 1 heterocycles. The highest BCUT2D eigenvalue weighted by atomic mass is 35.5. The van der Waals surface area contributed by atoms with Crippen molar-refractivity contribution in [3.8, 4) is 0 Å². The van der Waals surface area contributed by atoms with Crippen LogP contribution in [-0.4, -0.2) is 29.2 Å². The van der Waals surface area contributed by atoms with Gasteiger partial charge in [0.15, 0.2) is 0 Å². The van der Waals surface area contributed by atoms with Gasteiger partial charge in [0.25, 0.3) is 0 Å². The van der Waals surface area contributed by atoms with Crippen LogP contribution in [0.2, 0.25) is 10.0 Å². The number of nitrogens with one attached hydrogen (secondary N) is 1. The minimum atomic E-state index is -0.471. The molecule has 1 aromatic rings. The van der Waals surface area contributed by atoms with Crippen molar-refractivity contribution in [3.63, 3.8) is 0 Å². The van der Waals surface area contributed by atoms with Crippen LogP contribution >= 0.6 is 23.2 Å². The molecule has 2 fully saturated rings. The minimum Gasteiger partial charge on any atom is -0.323 e. The van der Waals surface area contributed by atoms with Gasteiger partial charge in [-0.3, -0.25) is 19.3 Å². The first kappa shape index (κ1) is 15.7. The van der Waals surface area contributed by atoms with Gasteiger partial charge in [0.1, 0.15) is 6.54 Å². The lowest BCUT2D eigenvalue weighted by Gasteiger charge is -2.17. The van der Waals surface area contributed by atoms with E-state index in [1.807, 2.05) is 12.2 Å². The number of fused-ring (bicyclic) bond motifs is 5. The number of imide groups is 1. The lowest BCUT2D eigenvalue weighted by Crippen LogP contribution is -2.39. The van der Waals surface area contributed by atoms with Gasteiger partial charge >= 0.3 is 0 Å². The van der Waals surface area contributed by atoms with Gasteiger partial charge in [-0.1, -0.05) is 35.4 Å². The van der Waals surface area contributed by atoms with Crippen LogP contribution in [0.4, 0.5) is 5.69 Å². The fourth-order valence-electron chi connectivity index (χ4n) is 4.05. The number of carbonyl (C=O) groups is 3. The molecule has 3 amide bonds. The molecule has 1 aromatic carbocycles. The fraction of sp³-hybridized carbons (Fsp3) is 0.353. The lowest BCUT2D eigenvalue weighted by molar-refractivity contribution is -0.143. The zero-order chi connectivity index (χ0) is 17.0. The maximum Gasteiger partial charge on any atom is 0.244 e. The topological polar surface area (TPSA) is 66.5 Å². The molecule has 1 N–H and O–H groups in total. The number of benzene rings is 1.